The van der Waals surface area contributed by atoms with E-state index in [1.165, 1.54) is 38.5 Å². The highest BCUT2D eigenvalue weighted by molar-refractivity contribution is 4.92. The number of nitrogens with zero attached hydrogens (tertiary/aromatic N) is 1. The third-order valence-corrected chi connectivity index (χ3v) is 5.04. The van der Waals surface area contributed by atoms with Crippen LogP contribution in [0, 0.1) is 5.41 Å². The van der Waals surface area contributed by atoms with E-state index in [0.717, 1.165) is 19.6 Å². The van der Waals surface area contributed by atoms with Gasteiger partial charge in [-0.15, -0.1) is 0 Å². The summed E-state index contributed by atoms with van der Waals surface area (Å²) in [5.74, 6) is 0. The lowest BCUT2D eigenvalue weighted by Crippen LogP contribution is -2.50. The van der Waals surface area contributed by atoms with Gasteiger partial charge in [0.15, 0.2) is 0 Å². The van der Waals surface area contributed by atoms with Crippen LogP contribution in [-0.4, -0.2) is 47.8 Å². The van der Waals surface area contributed by atoms with Crippen LogP contribution < -0.4 is 5.32 Å². The Morgan fingerprint density at radius 1 is 1.14 bits per heavy atom. The van der Waals surface area contributed by atoms with Crippen molar-refractivity contribution in [3.8, 4) is 0 Å². The first kappa shape index (κ1) is 18.9. The van der Waals surface area contributed by atoms with Gasteiger partial charge in [0.2, 0.25) is 0 Å². The number of aliphatic hydroxyl groups excluding tert-OH is 1. The average Bonchev–Trinajstić information content (AvgIpc) is 2.86. The van der Waals surface area contributed by atoms with Crippen molar-refractivity contribution in [3.05, 3.63) is 0 Å². The van der Waals surface area contributed by atoms with Crippen LogP contribution in [0.5, 0.6) is 0 Å². The van der Waals surface area contributed by atoms with Crippen molar-refractivity contribution in [2.75, 3.05) is 26.2 Å². The molecular weight excluding hydrogens is 260 g/mol. The zero-order valence-electron chi connectivity index (χ0n) is 15.0. The largest absolute Gasteiger partial charge is 0.395 e. The van der Waals surface area contributed by atoms with E-state index < -0.39 is 0 Å². The minimum absolute atomic E-state index is 0.187. The maximum atomic E-state index is 9.44. The van der Waals surface area contributed by atoms with E-state index in [0.29, 0.717) is 11.5 Å². The molecule has 0 unspecified atom stereocenters. The second kappa shape index (κ2) is 8.50. The first-order valence-corrected chi connectivity index (χ1v) is 8.96. The van der Waals surface area contributed by atoms with E-state index in [4.69, 9.17) is 0 Å². The average molecular weight is 299 g/mol. The molecular formula is C18H38N2O. The summed E-state index contributed by atoms with van der Waals surface area (Å²) in [6, 6.07) is 0.615. The first-order valence-electron chi connectivity index (χ1n) is 8.96. The van der Waals surface area contributed by atoms with E-state index in [2.05, 4.69) is 44.8 Å². The number of hydrogen-bond acceptors (Lipinski definition) is 3. The van der Waals surface area contributed by atoms with Gasteiger partial charge < -0.3 is 10.4 Å². The lowest BCUT2D eigenvalue weighted by Gasteiger charge is -2.40. The van der Waals surface area contributed by atoms with E-state index in [1.807, 2.05) is 0 Å². The van der Waals surface area contributed by atoms with Crippen molar-refractivity contribution in [2.45, 2.75) is 84.7 Å². The fourth-order valence-corrected chi connectivity index (χ4v) is 3.72. The molecule has 0 heterocycles. The zero-order valence-corrected chi connectivity index (χ0v) is 15.0. The molecule has 0 radical (unpaired) electrons. The summed E-state index contributed by atoms with van der Waals surface area (Å²) >= 11 is 0. The molecule has 0 atom stereocenters. The molecule has 1 rings (SSSR count). The molecule has 0 spiro atoms. The van der Waals surface area contributed by atoms with Crippen LogP contribution in [0.2, 0.25) is 0 Å². The maximum Gasteiger partial charge on any atom is 0.0558 e. The molecule has 1 saturated carbocycles. The van der Waals surface area contributed by atoms with Gasteiger partial charge in [0.1, 0.15) is 0 Å². The van der Waals surface area contributed by atoms with E-state index >= 15 is 0 Å². The quantitative estimate of drug-likeness (QED) is 0.684. The van der Waals surface area contributed by atoms with Crippen LogP contribution in [-0.2, 0) is 0 Å². The fourth-order valence-electron chi connectivity index (χ4n) is 3.72. The van der Waals surface area contributed by atoms with Gasteiger partial charge in [-0.25, -0.2) is 0 Å². The SMILES string of the molecule is CCC(CC)N(CCO)CC1(CNC(C)(C)C)CCCC1. The second-order valence-corrected chi connectivity index (χ2v) is 7.98. The Balaban J connectivity index is 2.73. The summed E-state index contributed by atoms with van der Waals surface area (Å²) < 4.78 is 0. The smallest absolute Gasteiger partial charge is 0.0558 e. The highest BCUT2D eigenvalue weighted by Gasteiger charge is 2.37. The molecule has 126 valence electrons. The Morgan fingerprint density at radius 2 is 1.71 bits per heavy atom. The number of hydrogen-bond donors (Lipinski definition) is 2. The third kappa shape index (κ3) is 6.25. The van der Waals surface area contributed by atoms with Gasteiger partial charge >= 0.3 is 0 Å². The molecule has 21 heavy (non-hydrogen) atoms. The molecule has 3 heteroatoms. The molecule has 0 amide bonds. The monoisotopic (exact) mass is 298 g/mol. The molecule has 0 aromatic carbocycles. The van der Waals surface area contributed by atoms with E-state index in [-0.39, 0.29) is 12.1 Å². The summed E-state index contributed by atoms with van der Waals surface area (Å²) in [7, 11) is 0. The van der Waals surface area contributed by atoms with Crippen molar-refractivity contribution in [2.24, 2.45) is 5.41 Å². The van der Waals surface area contributed by atoms with Crippen molar-refractivity contribution in [1.82, 2.24) is 10.2 Å². The Morgan fingerprint density at radius 3 is 2.14 bits per heavy atom. The maximum absolute atomic E-state index is 9.44. The van der Waals surface area contributed by atoms with Gasteiger partial charge in [-0.05, 0) is 51.9 Å². The lowest BCUT2D eigenvalue weighted by molar-refractivity contribution is 0.0799. The molecule has 1 fully saturated rings. The van der Waals surface area contributed by atoms with Crippen LogP contribution in [0.15, 0.2) is 0 Å². The lowest BCUT2D eigenvalue weighted by atomic mass is 9.84. The number of nitrogens with one attached hydrogen (secondary N) is 1. The van der Waals surface area contributed by atoms with Crippen molar-refractivity contribution in [1.29, 1.82) is 0 Å². The number of rotatable bonds is 9. The summed E-state index contributed by atoms with van der Waals surface area (Å²) in [6.45, 7) is 14.6. The van der Waals surface area contributed by atoms with Crippen LogP contribution >= 0.6 is 0 Å². The zero-order chi connectivity index (χ0) is 15.9. The summed E-state index contributed by atoms with van der Waals surface area (Å²) in [5, 5.41) is 13.2. The van der Waals surface area contributed by atoms with Crippen molar-refractivity contribution < 1.29 is 5.11 Å². The molecule has 2 N–H and O–H groups in total. The minimum Gasteiger partial charge on any atom is -0.395 e. The molecule has 0 aromatic heterocycles. The molecule has 1 aliphatic rings. The Labute approximate surface area is 132 Å². The van der Waals surface area contributed by atoms with Crippen LogP contribution in [0.1, 0.15) is 73.1 Å². The Kier molecular flexibility index (Phi) is 7.66. The van der Waals surface area contributed by atoms with Gasteiger partial charge in [0.05, 0.1) is 6.61 Å². The first-order chi connectivity index (χ1) is 9.86. The molecule has 1 aliphatic carbocycles. The molecule has 0 aliphatic heterocycles. The van der Waals surface area contributed by atoms with E-state index in [1.54, 1.807) is 0 Å². The summed E-state index contributed by atoms with van der Waals surface area (Å²) in [4.78, 5) is 2.55. The predicted molar refractivity (Wildman–Crippen MR) is 91.7 cm³/mol. The van der Waals surface area contributed by atoms with Crippen LogP contribution in [0.4, 0.5) is 0 Å². The standard InChI is InChI=1S/C18H38N2O/c1-6-16(7-2)20(12-13-21)15-18(10-8-9-11-18)14-19-17(3,4)5/h16,19,21H,6-15H2,1-5H3. The summed E-state index contributed by atoms with van der Waals surface area (Å²) in [6.07, 6.45) is 7.75. The molecule has 0 bridgehead atoms. The Hall–Kier alpha value is -0.120. The van der Waals surface area contributed by atoms with Gasteiger partial charge in [-0.3, -0.25) is 4.90 Å². The van der Waals surface area contributed by atoms with Gasteiger partial charge in [-0.2, -0.15) is 0 Å². The summed E-state index contributed by atoms with van der Waals surface area (Å²) in [5.41, 5.74) is 0.595. The predicted octanol–water partition coefficient (Wildman–Crippen LogP) is 3.42. The van der Waals surface area contributed by atoms with Gasteiger partial charge in [-0.1, -0.05) is 26.7 Å². The molecule has 0 aromatic rings. The highest BCUT2D eigenvalue weighted by Crippen LogP contribution is 2.39. The fraction of sp³-hybridized carbons (Fsp3) is 1.00. The second-order valence-electron chi connectivity index (χ2n) is 7.98. The highest BCUT2D eigenvalue weighted by atomic mass is 16.3. The molecule has 3 nitrogen and oxygen atoms in total. The topological polar surface area (TPSA) is 35.5 Å². The van der Waals surface area contributed by atoms with Crippen molar-refractivity contribution >= 4 is 0 Å². The Bertz CT molecular complexity index is 275. The van der Waals surface area contributed by atoms with Crippen LogP contribution in [0.3, 0.4) is 0 Å². The molecule has 0 saturated heterocycles. The van der Waals surface area contributed by atoms with Crippen LogP contribution in [0.25, 0.3) is 0 Å². The normalized spacial score (nSPS) is 18.9. The van der Waals surface area contributed by atoms with E-state index in [9.17, 15) is 5.11 Å². The van der Waals surface area contributed by atoms with Crippen molar-refractivity contribution in [3.63, 3.8) is 0 Å². The third-order valence-electron chi connectivity index (χ3n) is 5.04. The van der Waals surface area contributed by atoms with Gasteiger partial charge in [0, 0.05) is 31.2 Å². The van der Waals surface area contributed by atoms with Gasteiger partial charge in [0.25, 0.3) is 0 Å². The minimum atomic E-state index is 0.187. The number of aliphatic hydroxyl groups is 1.